The first-order valence-corrected chi connectivity index (χ1v) is 8.98. The molecule has 7 heteroatoms. The average Bonchev–Trinajstić information content (AvgIpc) is 3.05. The number of likely N-dealkylation sites (tertiary alicyclic amines) is 1. The van der Waals surface area contributed by atoms with E-state index in [1.165, 1.54) is 0 Å². The van der Waals surface area contributed by atoms with Gasteiger partial charge in [0.1, 0.15) is 0 Å². The van der Waals surface area contributed by atoms with Crippen LogP contribution in [0.15, 0.2) is 18.3 Å². The molecule has 130 valence electrons. The summed E-state index contributed by atoms with van der Waals surface area (Å²) in [5.41, 5.74) is 0. The Kier molecular flexibility index (Phi) is 4.62. The molecule has 7 nitrogen and oxygen atoms in total. The van der Waals surface area contributed by atoms with Gasteiger partial charge in [0.2, 0.25) is 5.91 Å². The van der Waals surface area contributed by atoms with Crippen molar-refractivity contribution in [2.45, 2.75) is 31.3 Å². The lowest BCUT2D eigenvalue weighted by atomic mass is 10.1. The summed E-state index contributed by atoms with van der Waals surface area (Å²) >= 11 is 0. The Hall–Kier alpha value is -1.73. The van der Waals surface area contributed by atoms with Gasteiger partial charge in [-0.05, 0) is 31.4 Å². The average molecular weight is 331 g/mol. The van der Waals surface area contributed by atoms with Crippen LogP contribution in [0.5, 0.6) is 0 Å². The number of ether oxygens (including phenoxy) is 1. The second-order valence-corrected chi connectivity index (χ2v) is 6.78. The van der Waals surface area contributed by atoms with Crippen LogP contribution < -0.4 is 4.90 Å². The SMILES string of the molecule is O=C1C(N2CCN(c3cccnn3)CC2)CCN1C1CCOCC1. The first-order valence-electron chi connectivity index (χ1n) is 8.98. The number of hydrogen-bond acceptors (Lipinski definition) is 6. The van der Waals surface area contributed by atoms with E-state index in [9.17, 15) is 4.79 Å². The van der Waals surface area contributed by atoms with Crippen LogP contribution in [0.1, 0.15) is 19.3 Å². The molecule has 1 atom stereocenters. The molecular formula is C17H25N5O2. The van der Waals surface area contributed by atoms with Crippen molar-refractivity contribution in [1.82, 2.24) is 20.0 Å². The molecule has 0 spiro atoms. The zero-order chi connectivity index (χ0) is 16.4. The van der Waals surface area contributed by atoms with Gasteiger partial charge in [0.15, 0.2) is 5.82 Å². The van der Waals surface area contributed by atoms with Gasteiger partial charge in [0.05, 0.1) is 6.04 Å². The van der Waals surface area contributed by atoms with Gasteiger partial charge in [-0.15, -0.1) is 5.10 Å². The van der Waals surface area contributed by atoms with E-state index < -0.39 is 0 Å². The summed E-state index contributed by atoms with van der Waals surface area (Å²) in [7, 11) is 0. The predicted molar refractivity (Wildman–Crippen MR) is 89.8 cm³/mol. The maximum atomic E-state index is 12.9. The zero-order valence-corrected chi connectivity index (χ0v) is 14.0. The second-order valence-electron chi connectivity index (χ2n) is 6.78. The van der Waals surface area contributed by atoms with E-state index in [0.29, 0.717) is 11.9 Å². The molecule has 3 saturated heterocycles. The molecule has 1 aromatic rings. The van der Waals surface area contributed by atoms with Crippen molar-refractivity contribution in [2.75, 3.05) is 50.8 Å². The van der Waals surface area contributed by atoms with E-state index in [2.05, 4.69) is 24.9 Å². The maximum absolute atomic E-state index is 12.9. The van der Waals surface area contributed by atoms with Gasteiger partial charge in [-0.2, -0.15) is 5.10 Å². The quantitative estimate of drug-likeness (QED) is 0.798. The third kappa shape index (κ3) is 3.10. The monoisotopic (exact) mass is 331 g/mol. The molecule has 0 aromatic carbocycles. The van der Waals surface area contributed by atoms with Crippen LogP contribution in [0.25, 0.3) is 0 Å². The van der Waals surface area contributed by atoms with Gasteiger partial charge in [-0.1, -0.05) is 0 Å². The summed E-state index contributed by atoms with van der Waals surface area (Å²) in [5.74, 6) is 1.26. The third-order valence-electron chi connectivity index (χ3n) is 5.48. The van der Waals surface area contributed by atoms with Gasteiger partial charge >= 0.3 is 0 Å². The molecule has 1 aromatic heterocycles. The molecule has 24 heavy (non-hydrogen) atoms. The summed E-state index contributed by atoms with van der Waals surface area (Å²) in [5, 5.41) is 8.14. The lowest BCUT2D eigenvalue weighted by molar-refractivity contribution is -0.135. The second kappa shape index (κ2) is 7.03. The fourth-order valence-electron chi connectivity index (χ4n) is 4.11. The standard InChI is InChI=1S/C17H25N5O2/c23-17-15(3-7-22(17)14-4-12-24-13-5-14)20-8-10-21(11-9-20)16-2-1-6-18-19-16/h1-2,6,14-15H,3-5,7-13H2. The van der Waals surface area contributed by atoms with E-state index in [4.69, 9.17) is 4.74 Å². The summed E-state index contributed by atoms with van der Waals surface area (Å²) in [6.07, 6.45) is 4.63. The molecule has 0 bridgehead atoms. The Morgan fingerprint density at radius 1 is 1.04 bits per heavy atom. The van der Waals surface area contributed by atoms with Crippen molar-refractivity contribution >= 4 is 11.7 Å². The summed E-state index contributed by atoms with van der Waals surface area (Å²) in [6, 6.07) is 4.37. The zero-order valence-electron chi connectivity index (χ0n) is 14.0. The number of nitrogens with zero attached hydrogens (tertiary/aromatic N) is 5. The van der Waals surface area contributed by atoms with Gasteiger partial charge in [-0.25, -0.2) is 0 Å². The molecule has 3 aliphatic rings. The molecule has 0 N–H and O–H groups in total. The highest BCUT2D eigenvalue weighted by Crippen LogP contribution is 2.25. The predicted octanol–water partition coefficient (Wildman–Crippen LogP) is 0.379. The van der Waals surface area contributed by atoms with Crippen molar-refractivity contribution in [1.29, 1.82) is 0 Å². The number of carbonyl (C=O) groups is 1. The van der Waals surface area contributed by atoms with Crippen molar-refractivity contribution in [3.05, 3.63) is 18.3 Å². The molecule has 4 heterocycles. The highest BCUT2D eigenvalue weighted by atomic mass is 16.5. The third-order valence-corrected chi connectivity index (χ3v) is 5.48. The number of amides is 1. The minimum atomic E-state index is 0.0665. The number of aromatic nitrogens is 2. The minimum absolute atomic E-state index is 0.0665. The molecule has 0 radical (unpaired) electrons. The lowest BCUT2D eigenvalue weighted by Gasteiger charge is -2.38. The first kappa shape index (κ1) is 15.8. The minimum Gasteiger partial charge on any atom is -0.381 e. The van der Waals surface area contributed by atoms with Crippen LogP contribution in [-0.4, -0.2) is 83.9 Å². The van der Waals surface area contributed by atoms with Crippen LogP contribution in [0.4, 0.5) is 5.82 Å². The Balaban J connectivity index is 1.33. The van der Waals surface area contributed by atoms with E-state index in [0.717, 1.165) is 71.0 Å². The van der Waals surface area contributed by atoms with Crippen LogP contribution >= 0.6 is 0 Å². The molecule has 3 fully saturated rings. The Bertz CT molecular complexity index is 555. The largest absolute Gasteiger partial charge is 0.381 e. The van der Waals surface area contributed by atoms with E-state index in [-0.39, 0.29) is 6.04 Å². The van der Waals surface area contributed by atoms with Crippen molar-refractivity contribution < 1.29 is 9.53 Å². The maximum Gasteiger partial charge on any atom is 0.240 e. The van der Waals surface area contributed by atoms with Crippen LogP contribution in [0.3, 0.4) is 0 Å². The van der Waals surface area contributed by atoms with Crippen molar-refractivity contribution in [3.8, 4) is 0 Å². The van der Waals surface area contributed by atoms with E-state index in [1.807, 2.05) is 12.1 Å². The topological polar surface area (TPSA) is 61.8 Å². The molecule has 0 aliphatic carbocycles. The number of carbonyl (C=O) groups excluding carboxylic acids is 1. The lowest BCUT2D eigenvalue weighted by Crippen LogP contribution is -2.53. The normalized spacial score (nSPS) is 27.0. The van der Waals surface area contributed by atoms with Gasteiger partial charge in [0.25, 0.3) is 0 Å². The molecule has 1 amide bonds. The van der Waals surface area contributed by atoms with Gasteiger partial charge in [0, 0.05) is 58.2 Å². The summed E-state index contributed by atoms with van der Waals surface area (Å²) < 4.78 is 5.43. The van der Waals surface area contributed by atoms with E-state index >= 15 is 0 Å². The number of piperazine rings is 1. The fraction of sp³-hybridized carbons (Fsp3) is 0.706. The molecule has 1 unspecified atom stereocenters. The van der Waals surface area contributed by atoms with Crippen LogP contribution in [0.2, 0.25) is 0 Å². The number of hydrogen-bond donors (Lipinski definition) is 0. The Morgan fingerprint density at radius 3 is 2.54 bits per heavy atom. The highest BCUT2D eigenvalue weighted by Gasteiger charge is 2.40. The Labute approximate surface area is 142 Å². The smallest absolute Gasteiger partial charge is 0.240 e. The van der Waals surface area contributed by atoms with Crippen LogP contribution in [0, 0.1) is 0 Å². The fourth-order valence-corrected chi connectivity index (χ4v) is 4.11. The summed E-state index contributed by atoms with van der Waals surface area (Å²) in [6.45, 7) is 6.10. The molecule has 0 saturated carbocycles. The molecule has 3 aliphatic heterocycles. The summed E-state index contributed by atoms with van der Waals surface area (Å²) in [4.78, 5) is 19.6. The van der Waals surface area contributed by atoms with Gasteiger partial charge < -0.3 is 14.5 Å². The highest BCUT2D eigenvalue weighted by molar-refractivity contribution is 5.84. The first-order chi connectivity index (χ1) is 11.8. The van der Waals surface area contributed by atoms with Crippen molar-refractivity contribution in [3.63, 3.8) is 0 Å². The number of rotatable bonds is 3. The van der Waals surface area contributed by atoms with Crippen molar-refractivity contribution in [2.24, 2.45) is 0 Å². The van der Waals surface area contributed by atoms with Crippen LogP contribution in [-0.2, 0) is 9.53 Å². The molecular weight excluding hydrogens is 306 g/mol. The number of anilines is 1. The van der Waals surface area contributed by atoms with Gasteiger partial charge in [-0.3, -0.25) is 9.69 Å². The Morgan fingerprint density at radius 2 is 1.83 bits per heavy atom. The van der Waals surface area contributed by atoms with E-state index in [1.54, 1.807) is 6.20 Å². The molecule has 4 rings (SSSR count).